The molecule has 0 fully saturated rings. The maximum Gasteiger partial charge on any atom is 0.0722 e. The van der Waals surface area contributed by atoms with E-state index in [-0.39, 0.29) is 6.04 Å². The lowest BCUT2D eigenvalue weighted by Gasteiger charge is -2.25. The number of benzene rings is 4. The number of dihydropyridines is 1. The first kappa shape index (κ1) is 23.5. The summed E-state index contributed by atoms with van der Waals surface area (Å²) < 4.78 is 2.37. The van der Waals surface area contributed by atoms with Gasteiger partial charge in [-0.2, -0.15) is 0 Å². The minimum atomic E-state index is 0.0166. The molecular weight excluding hydrogens is 500 g/mol. The lowest BCUT2D eigenvalue weighted by Crippen LogP contribution is -2.21. The predicted molar refractivity (Wildman–Crippen MR) is 169 cm³/mol. The molecule has 1 atom stereocenters. The molecule has 196 valence electrons. The number of allylic oxidation sites excluding steroid dienone is 2. The summed E-state index contributed by atoms with van der Waals surface area (Å²) in [5.41, 5.74) is 10.8. The molecule has 0 spiro atoms. The molecule has 0 aliphatic carbocycles. The van der Waals surface area contributed by atoms with Crippen molar-refractivity contribution >= 4 is 39.0 Å². The predicted octanol–water partition coefficient (Wildman–Crippen LogP) is 8.02. The van der Waals surface area contributed by atoms with E-state index in [1.54, 1.807) is 0 Å². The Morgan fingerprint density at radius 2 is 1.61 bits per heavy atom. The fourth-order valence-corrected chi connectivity index (χ4v) is 6.14. The summed E-state index contributed by atoms with van der Waals surface area (Å²) in [6.45, 7) is 0.843. The van der Waals surface area contributed by atoms with Crippen molar-refractivity contribution in [2.24, 2.45) is 0 Å². The standard InChI is InChI=1S/C37H28N4/c1-2-7-27-20-28(12-11-25(27)6-1)34-21-30(22-35(40-34)29-8-5-18-38-23-29)26-13-15-31(16-14-26)41-36-10-4-3-9-32(36)33-24-39-19-17-37(33)41/h1-23,35,39-40H,24H2. The minimum Gasteiger partial charge on any atom is -0.387 e. The molecular formula is C37H28N4. The molecule has 0 saturated carbocycles. The maximum atomic E-state index is 4.39. The summed E-state index contributed by atoms with van der Waals surface area (Å²) in [6.07, 6.45) is 12.6. The number of nitrogens with zero attached hydrogens (tertiary/aromatic N) is 2. The van der Waals surface area contributed by atoms with E-state index in [4.69, 9.17) is 0 Å². The van der Waals surface area contributed by atoms with Crippen molar-refractivity contribution in [1.29, 1.82) is 0 Å². The topological polar surface area (TPSA) is 41.9 Å². The van der Waals surface area contributed by atoms with Gasteiger partial charge in [0.05, 0.1) is 17.3 Å². The quantitative estimate of drug-likeness (QED) is 0.243. The largest absolute Gasteiger partial charge is 0.387 e. The van der Waals surface area contributed by atoms with E-state index in [0.717, 1.165) is 23.5 Å². The second-order valence-corrected chi connectivity index (χ2v) is 10.6. The van der Waals surface area contributed by atoms with Crippen molar-refractivity contribution in [3.05, 3.63) is 162 Å². The van der Waals surface area contributed by atoms with Gasteiger partial charge in [-0.05, 0) is 87.8 Å². The van der Waals surface area contributed by atoms with Gasteiger partial charge in [-0.25, -0.2) is 0 Å². The van der Waals surface area contributed by atoms with Crippen LogP contribution in [0, 0.1) is 0 Å². The van der Waals surface area contributed by atoms with Crippen LogP contribution >= 0.6 is 0 Å². The number of hydrogen-bond donors (Lipinski definition) is 2. The Morgan fingerprint density at radius 1 is 0.780 bits per heavy atom. The van der Waals surface area contributed by atoms with Crippen LogP contribution in [0.3, 0.4) is 0 Å². The van der Waals surface area contributed by atoms with Crippen LogP contribution in [-0.4, -0.2) is 9.55 Å². The Balaban J connectivity index is 1.22. The zero-order valence-electron chi connectivity index (χ0n) is 22.5. The van der Waals surface area contributed by atoms with Crippen LogP contribution < -0.4 is 10.6 Å². The van der Waals surface area contributed by atoms with E-state index < -0.39 is 0 Å². The first-order valence-corrected chi connectivity index (χ1v) is 14.0. The molecule has 4 heteroatoms. The van der Waals surface area contributed by atoms with Gasteiger partial charge in [-0.1, -0.05) is 72.8 Å². The molecule has 0 saturated heterocycles. The van der Waals surface area contributed by atoms with Gasteiger partial charge in [0.2, 0.25) is 0 Å². The van der Waals surface area contributed by atoms with Gasteiger partial charge >= 0.3 is 0 Å². The van der Waals surface area contributed by atoms with Crippen LogP contribution in [0.2, 0.25) is 0 Å². The fourth-order valence-electron chi connectivity index (χ4n) is 6.14. The number of rotatable bonds is 4. The van der Waals surface area contributed by atoms with Crippen molar-refractivity contribution in [3.63, 3.8) is 0 Å². The van der Waals surface area contributed by atoms with Crippen LogP contribution in [-0.2, 0) is 6.54 Å². The number of hydrogen-bond acceptors (Lipinski definition) is 3. The Hall–Kier alpha value is -5.35. The molecule has 4 aromatic carbocycles. The molecule has 0 amide bonds. The van der Waals surface area contributed by atoms with Crippen LogP contribution in [0.25, 0.3) is 44.7 Å². The van der Waals surface area contributed by atoms with Gasteiger partial charge in [0.15, 0.2) is 0 Å². The molecule has 2 N–H and O–H groups in total. The fraction of sp³-hybridized carbons (Fsp3) is 0.0541. The molecule has 6 aromatic rings. The summed E-state index contributed by atoms with van der Waals surface area (Å²) in [6, 6.07) is 37.0. The maximum absolute atomic E-state index is 4.39. The van der Waals surface area contributed by atoms with Gasteiger partial charge in [-0.15, -0.1) is 0 Å². The second-order valence-electron chi connectivity index (χ2n) is 10.6. The summed E-state index contributed by atoms with van der Waals surface area (Å²) in [5, 5.41) is 10.9. The van der Waals surface area contributed by atoms with Crippen molar-refractivity contribution in [2.75, 3.05) is 0 Å². The summed E-state index contributed by atoms with van der Waals surface area (Å²) in [5.74, 6) is 0. The van der Waals surface area contributed by atoms with Crippen LogP contribution in [0.1, 0.15) is 34.0 Å². The molecule has 2 aliphatic rings. The van der Waals surface area contributed by atoms with E-state index in [2.05, 4.69) is 135 Å². The highest BCUT2D eigenvalue weighted by molar-refractivity contribution is 5.92. The Labute approximate surface area is 239 Å². The zero-order chi connectivity index (χ0) is 27.2. The highest BCUT2D eigenvalue weighted by Crippen LogP contribution is 2.35. The summed E-state index contributed by atoms with van der Waals surface area (Å²) in [4.78, 5) is 4.39. The number of pyridine rings is 1. The van der Waals surface area contributed by atoms with Crippen molar-refractivity contribution in [1.82, 2.24) is 20.2 Å². The van der Waals surface area contributed by atoms with Crippen molar-refractivity contribution in [3.8, 4) is 5.69 Å². The molecule has 8 rings (SSSR count). The van der Waals surface area contributed by atoms with Crippen LogP contribution in [0.5, 0.6) is 0 Å². The zero-order valence-corrected chi connectivity index (χ0v) is 22.5. The first-order valence-electron chi connectivity index (χ1n) is 14.0. The van der Waals surface area contributed by atoms with Gasteiger partial charge in [0.1, 0.15) is 0 Å². The van der Waals surface area contributed by atoms with Crippen molar-refractivity contribution < 1.29 is 0 Å². The summed E-state index contributed by atoms with van der Waals surface area (Å²) in [7, 11) is 0. The monoisotopic (exact) mass is 528 g/mol. The molecule has 1 unspecified atom stereocenters. The van der Waals surface area contributed by atoms with Crippen LogP contribution in [0.15, 0.2) is 134 Å². The van der Waals surface area contributed by atoms with Gasteiger partial charge < -0.3 is 15.2 Å². The van der Waals surface area contributed by atoms with E-state index in [9.17, 15) is 0 Å². The Morgan fingerprint density at radius 3 is 2.49 bits per heavy atom. The molecule has 2 aliphatic heterocycles. The lowest BCUT2D eigenvalue weighted by atomic mass is 9.93. The van der Waals surface area contributed by atoms with E-state index in [1.165, 1.54) is 49.6 Å². The van der Waals surface area contributed by atoms with Gasteiger partial charge in [0, 0.05) is 41.3 Å². The van der Waals surface area contributed by atoms with E-state index >= 15 is 0 Å². The summed E-state index contributed by atoms with van der Waals surface area (Å²) >= 11 is 0. The minimum absolute atomic E-state index is 0.0166. The number of aromatic nitrogens is 2. The van der Waals surface area contributed by atoms with Gasteiger partial charge in [-0.3, -0.25) is 4.98 Å². The van der Waals surface area contributed by atoms with E-state index in [0.29, 0.717) is 0 Å². The number of para-hydroxylation sites is 1. The Kier molecular flexibility index (Phi) is 5.56. The van der Waals surface area contributed by atoms with Gasteiger partial charge in [0.25, 0.3) is 0 Å². The SMILES string of the molecule is C1=Cc2c(c3ccccc3n2-c2ccc(C3=CC(c4cccnc4)NC(c4ccc5ccccc5c4)=C3)cc2)CN1. The third-order valence-electron chi connectivity index (χ3n) is 8.18. The molecule has 4 nitrogen and oxygen atoms in total. The van der Waals surface area contributed by atoms with E-state index in [1.807, 2.05) is 24.7 Å². The van der Waals surface area contributed by atoms with Crippen LogP contribution in [0.4, 0.5) is 0 Å². The average Bonchev–Trinajstić information content (AvgIpc) is 3.39. The normalized spacial score (nSPS) is 16.0. The third-order valence-corrected chi connectivity index (χ3v) is 8.18. The smallest absolute Gasteiger partial charge is 0.0722 e. The highest BCUT2D eigenvalue weighted by Gasteiger charge is 2.20. The number of nitrogens with one attached hydrogen (secondary N) is 2. The average molecular weight is 529 g/mol. The molecule has 0 radical (unpaired) electrons. The molecule has 2 aromatic heterocycles. The number of fused-ring (bicyclic) bond motifs is 4. The molecule has 4 heterocycles. The highest BCUT2D eigenvalue weighted by atomic mass is 15.0. The molecule has 41 heavy (non-hydrogen) atoms. The Bertz CT molecular complexity index is 2010. The second kappa shape index (κ2) is 9.68. The molecule has 0 bridgehead atoms. The van der Waals surface area contributed by atoms with Crippen molar-refractivity contribution in [2.45, 2.75) is 12.6 Å². The first-order chi connectivity index (χ1) is 20.3. The lowest BCUT2D eigenvalue weighted by molar-refractivity contribution is 0.762. The third kappa shape index (κ3) is 4.12.